The SMILES string of the molecule is COc1ccc(CC(=O)NCCOc2ccccc2C(C)(C)C)cc1. The highest BCUT2D eigenvalue weighted by atomic mass is 16.5. The van der Waals surface area contributed by atoms with Crippen molar-refractivity contribution >= 4 is 5.91 Å². The fourth-order valence-corrected chi connectivity index (χ4v) is 2.55. The lowest BCUT2D eigenvalue weighted by Gasteiger charge is -2.22. The fraction of sp³-hybridized carbons (Fsp3) is 0.381. The van der Waals surface area contributed by atoms with E-state index in [9.17, 15) is 4.79 Å². The number of rotatable bonds is 7. The van der Waals surface area contributed by atoms with Crippen LogP contribution in [0.3, 0.4) is 0 Å². The number of methoxy groups -OCH3 is 1. The summed E-state index contributed by atoms with van der Waals surface area (Å²) in [5.41, 5.74) is 2.14. The minimum atomic E-state index is -0.0159. The van der Waals surface area contributed by atoms with Crippen LogP contribution in [0, 0.1) is 0 Å². The smallest absolute Gasteiger partial charge is 0.224 e. The number of nitrogens with one attached hydrogen (secondary N) is 1. The van der Waals surface area contributed by atoms with E-state index >= 15 is 0 Å². The zero-order valence-electron chi connectivity index (χ0n) is 15.5. The first-order valence-electron chi connectivity index (χ1n) is 8.52. The van der Waals surface area contributed by atoms with Crippen LogP contribution >= 0.6 is 0 Å². The molecule has 2 aromatic carbocycles. The first kappa shape index (κ1) is 18.8. The Labute approximate surface area is 150 Å². The van der Waals surface area contributed by atoms with Crippen LogP contribution in [0.25, 0.3) is 0 Å². The average Bonchev–Trinajstić information content (AvgIpc) is 2.59. The number of carbonyl (C=O) groups excluding carboxylic acids is 1. The maximum atomic E-state index is 12.0. The van der Waals surface area contributed by atoms with Crippen molar-refractivity contribution in [2.75, 3.05) is 20.3 Å². The lowest BCUT2D eigenvalue weighted by atomic mass is 9.86. The topological polar surface area (TPSA) is 47.6 Å². The molecule has 0 unspecified atom stereocenters. The van der Waals surface area contributed by atoms with Gasteiger partial charge < -0.3 is 14.8 Å². The second-order valence-corrected chi connectivity index (χ2v) is 6.97. The summed E-state index contributed by atoms with van der Waals surface area (Å²) in [6.45, 7) is 7.40. The number of ether oxygens (including phenoxy) is 2. The molecule has 0 saturated heterocycles. The molecule has 0 aliphatic rings. The molecule has 1 amide bonds. The Balaban J connectivity index is 1.78. The first-order valence-corrected chi connectivity index (χ1v) is 8.52. The van der Waals surface area contributed by atoms with Gasteiger partial charge in [-0.2, -0.15) is 0 Å². The highest BCUT2D eigenvalue weighted by Crippen LogP contribution is 2.30. The van der Waals surface area contributed by atoms with Crippen LogP contribution in [0.15, 0.2) is 48.5 Å². The summed E-state index contributed by atoms with van der Waals surface area (Å²) in [6, 6.07) is 15.5. The molecule has 4 nitrogen and oxygen atoms in total. The Morgan fingerprint density at radius 3 is 2.36 bits per heavy atom. The predicted octanol–water partition coefficient (Wildman–Crippen LogP) is 3.73. The number of benzene rings is 2. The maximum Gasteiger partial charge on any atom is 0.224 e. The van der Waals surface area contributed by atoms with E-state index in [0.717, 1.165) is 17.1 Å². The minimum Gasteiger partial charge on any atom is -0.497 e. The number of hydrogen-bond donors (Lipinski definition) is 1. The molecule has 0 aliphatic heterocycles. The summed E-state index contributed by atoms with van der Waals surface area (Å²) in [5.74, 6) is 1.65. The second-order valence-electron chi connectivity index (χ2n) is 6.97. The molecule has 0 bridgehead atoms. The van der Waals surface area contributed by atoms with Gasteiger partial charge >= 0.3 is 0 Å². The van der Waals surface area contributed by atoms with Crippen LogP contribution in [0.2, 0.25) is 0 Å². The number of carbonyl (C=O) groups is 1. The van der Waals surface area contributed by atoms with Crippen LogP contribution in [0.5, 0.6) is 11.5 Å². The second kappa shape index (κ2) is 8.56. The van der Waals surface area contributed by atoms with Gasteiger partial charge in [-0.3, -0.25) is 4.79 Å². The van der Waals surface area contributed by atoms with E-state index in [0.29, 0.717) is 19.6 Å². The summed E-state index contributed by atoms with van der Waals surface area (Å²) >= 11 is 0. The van der Waals surface area contributed by atoms with Gasteiger partial charge in [-0.25, -0.2) is 0 Å². The molecule has 134 valence electrons. The van der Waals surface area contributed by atoms with Crippen LogP contribution in [-0.4, -0.2) is 26.2 Å². The fourth-order valence-electron chi connectivity index (χ4n) is 2.55. The Hall–Kier alpha value is -2.49. The van der Waals surface area contributed by atoms with Gasteiger partial charge in [0, 0.05) is 0 Å². The van der Waals surface area contributed by atoms with E-state index in [1.54, 1.807) is 7.11 Å². The first-order chi connectivity index (χ1) is 11.9. The van der Waals surface area contributed by atoms with Crippen molar-refractivity contribution in [2.45, 2.75) is 32.6 Å². The quantitative estimate of drug-likeness (QED) is 0.781. The van der Waals surface area contributed by atoms with Gasteiger partial charge in [0.1, 0.15) is 18.1 Å². The van der Waals surface area contributed by atoms with Gasteiger partial charge in [0.25, 0.3) is 0 Å². The molecule has 2 aromatic rings. The van der Waals surface area contributed by atoms with E-state index in [1.165, 1.54) is 5.56 Å². The molecular weight excluding hydrogens is 314 g/mol. The van der Waals surface area contributed by atoms with Crippen molar-refractivity contribution in [2.24, 2.45) is 0 Å². The molecule has 0 saturated carbocycles. The molecule has 0 heterocycles. The zero-order chi connectivity index (χ0) is 18.3. The molecule has 0 atom stereocenters. The normalized spacial score (nSPS) is 11.0. The van der Waals surface area contributed by atoms with Crippen LogP contribution in [0.1, 0.15) is 31.9 Å². The Morgan fingerprint density at radius 1 is 1.04 bits per heavy atom. The van der Waals surface area contributed by atoms with Crippen molar-refractivity contribution in [3.63, 3.8) is 0 Å². The maximum absolute atomic E-state index is 12.0. The van der Waals surface area contributed by atoms with Crippen LogP contribution in [0.4, 0.5) is 0 Å². The van der Waals surface area contributed by atoms with Gasteiger partial charge in [-0.05, 0) is 34.7 Å². The molecule has 0 radical (unpaired) electrons. The molecule has 25 heavy (non-hydrogen) atoms. The summed E-state index contributed by atoms with van der Waals surface area (Å²) in [7, 11) is 1.62. The monoisotopic (exact) mass is 341 g/mol. The Kier molecular flexibility index (Phi) is 6.45. The Morgan fingerprint density at radius 2 is 1.72 bits per heavy atom. The minimum absolute atomic E-state index is 0.0159. The van der Waals surface area contributed by atoms with Gasteiger partial charge in [0.2, 0.25) is 5.91 Å². The van der Waals surface area contributed by atoms with E-state index in [-0.39, 0.29) is 11.3 Å². The third-order valence-corrected chi connectivity index (χ3v) is 3.90. The molecular formula is C21H27NO3. The van der Waals surface area contributed by atoms with Crippen molar-refractivity contribution < 1.29 is 14.3 Å². The standard InChI is InChI=1S/C21H27NO3/c1-21(2,3)18-7-5-6-8-19(18)25-14-13-22-20(23)15-16-9-11-17(24-4)12-10-16/h5-12H,13-15H2,1-4H3,(H,22,23). The molecule has 0 spiro atoms. The summed E-state index contributed by atoms with van der Waals surface area (Å²) in [4.78, 5) is 12.0. The lowest BCUT2D eigenvalue weighted by Crippen LogP contribution is -2.29. The van der Waals surface area contributed by atoms with E-state index in [4.69, 9.17) is 9.47 Å². The van der Waals surface area contributed by atoms with Gasteiger partial charge in [-0.15, -0.1) is 0 Å². The molecule has 2 rings (SSSR count). The largest absolute Gasteiger partial charge is 0.497 e. The van der Waals surface area contributed by atoms with Crippen molar-refractivity contribution in [3.8, 4) is 11.5 Å². The van der Waals surface area contributed by atoms with Crippen molar-refractivity contribution in [1.82, 2.24) is 5.32 Å². The van der Waals surface area contributed by atoms with E-state index in [2.05, 4.69) is 32.2 Å². The van der Waals surface area contributed by atoms with Gasteiger partial charge in [0.05, 0.1) is 20.1 Å². The third kappa shape index (κ3) is 5.82. The van der Waals surface area contributed by atoms with Crippen LogP contribution < -0.4 is 14.8 Å². The van der Waals surface area contributed by atoms with Gasteiger partial charge in [-0.1, -0.05) is 51.1 Å². The van der Waals surface area contributed by atoms with E-state index in [1.807, 2.05) is 42.5 Å². The van der Waals surface area contributed by atoms with Gasteiger partial charge in [0.15, 0.2) is 0 Å². The molecule has 4 heteroatoms. The van der Waals surface area contributed by atoms with Crippen LogP contribution in [-0.2, 0) is 16.6 Å². The Bertz CT molecular complexity index is 687. The average molecular weight is 341 g/mol. The summed E-state index contributed by atoms with van der Waals surface area (Å²) in [5, 5.41) is 2.89. The summed E-state index contributed by atoms with van der Waals surface area (Å²) in [6.07, 6.45) is 0.350. The number of para-hydroxylation sites is 1. The van der Waals surface area contributed by atoms with E-state index < -0.39 is 0 Å². The molecule has 0 fully saturated rings. The van der Waals surface area contributed by atoms with Crippen molar-refractivity contribution in [1.29, 1.82) is 0 Å². The molecule has 0 aliphatic carbocycles. The van der Waals surface area contributed by atoms with Crippen molar-refractivity contribution in [3.05, 3.63) is 59.7 Å². The summed E-state index contributed by atoms with van der Waals surface area (Å²) < 4.78 is 11.0. The highest BCUT2D eigenvalue weighted by Gasteiger charge is 2.18. The number of amides is 1. The molecule has 0 aromatic heterocycles. The highest BCUT2D eigenvalue weighted by molar-refractivity contribution is 5.78. The predicted molar refractivity (Wildman–Crippen MR) is 100 cm³/mol. The molecule has 1 N–H and O–H groups in total. The zero-order valence-corrected chi connectivity index (χ0v) is 15.5. The lowest BCUT2D eigenvalue weighted by molar-refractivity contribution is -0.120. The number of hydrogen-bond acceptors (Lipinski definition) is 3. The third-order valence-electron chi connectivity index (χ3n) is 3.90.